The Balaban J connectivity index is 1.91. The van der Waals surface area contributed by atoms with Crippen LogP contribution in [-0.4, -0.2) is 34.2 Å². The molecule has 0 spiro atoms. The van der Waals surface area contributed by atoms with Crippen molar-refractivity contribution in [2.24, 2.45) is 0 Å². The van der Waals surface area contributed by atoms with Crippen LogP contribution in [0.1, 0.15) is 18.5 Å². The highest BCUT2D eigenvalue weighted by Gasteiger charge is 2.23. The fourth-order valence-electron chi connectivity index (χ4n) is 2.87. The molecule has 2 N–H and O–H groups in total. The standard InChI is InChI=1S/C15H18N2O2/c18-10-12-4-3-7-17(12)9-11-8-15(19)13-5-1-2-6-14(13)16-11/h1-2,5-6,8,12,18H,3-4,7,9-10H2,(H,16,19)/t12-/m0/s1. The number of aliphatic hydroxyl groups is 1. The molecule has 1 aromatic carbocycles. The second-order valence-corrected chi connectivity index (χ2v) is 5.15. The maximum absolute atomic E-state index is 12.0. The van der Waals surface area contributed by atoms with Crippen LogP contribution in [0.4, 0.5) is 0 Å². The molecule has 0 bridgehead atoms. The van der Waals surface area contributed by atoms with Crippen molar-refractivity contribution in [3.8, 4) is 0 Å². The zero-order valence-corrected chi connectivity index (χ0v) is 10.8. The Morgan fingerprint density at radius 2 is 2.21 bits per heavy atom. The number of pyridine rings is 1. The van der Waals surface area contributed by atoms with E-state index in [1.807, 2.05) is 24.3 Å². The molecule has 1 fully saturated rings. The molecule has 19 heavy (non-hydrogen) atoms. The fraction of sp³-hybridized carbons (Fsp3) is 0.400. The molecular formula is C15H18N2O2. The van der Waals surface area contributed by atoms with Crippen LogP contribution < -0.4 is 5.43 Å². The Bertz CT molecular complexity index is 635. The van der Waals surface area contributed by atoms with Crippen LogP contribution in [0.25, 0.3) is 10.9 Å². The number of likely N-dealkylation sites (tertiary alicyclic amines) is 1. The topological polar surface area (TPSA) is 56.3 Å². The van der Waals surface area contributed by atoms with E-state index >= 15 is 0 Å². The first-order valence-electron chi connectivity index (χ1n) is 6.74. The number of nitrogens with one attached hydrogen (secondary N) is 1. The highest BCUT2D eigenvalue weighted by atomic mass is 16.3. The van der Waals surface area contributed by atoms with E-state index in [9.17, 15) is 9.90 Å². The van der Waals surface area contributed by atoms with Crippen LogP contribution in [0.2, 0.25) is 0 Å². The summed E-state index contributed by atoms with van der Waals surface area (Å²) in [6.07, 6.45) is 2.15. The average Bonchev–Trinajstić information content (AvgIpc) is 2.86. The van der Waals surface area contributed by atoms with E-state index in [0.717, 1.165) is 36.0 Å². The molecule has 0 aliphatic carbocycles. The summed E-state index contributed by atoms with van der Waals surface area (Å²) in [5.41, 5.74) is 1.86. The first-order valence-corrected chi connectivity index (χ1v) is 6.74. The number of rotatable bonds is 3. The van der Waals surface area contributed by atoms with E-state index in [-0.39, 0.29) is 18.1 Å². The van der Waals surface area contributed by atoms with Gasteiger partial charge in [0.05, 0.1) is 6.61 Å². The zero-order valence-electron chi connectivity index (χ0n) is 10.8. The van der Waals surface area contributed by atoms with Crippen molar-refractivity contribution in [2.45, 2.75) is 25.4 Å². The Kier molecular flexibility index (Phi) is 3.36. The third-order valence-electron chi connectivity index (χ3n) is 3.88. The molecule has 0 radical (unpaired) electrons. The lowest BCUT2D eigenvalue weighted by atomic mass is 10.2. The molecular weight excluding hydrogens is 240 g/mol. The number of aromatic nitrogens is 1. The largest absolute Gasteiger partial charge is 0.395 e. The van der Waals surface area contributed by atoms with Gasteiger partial charge in [-0.3, -0.25) is 9.69 Å². The molecule has 1 saturated heterocycles. The summed E-state index contributed by atoms with van der Waals surface area (Å²) in [6.45, 7) is 1.88. The number of fused-ring (bicyclic) bond motifs is 1. The molecule has 0 amide bonds. The van der Waals surface area contributed by atoms with Crippen LogP contribution in [0, 0.1) is 0 Å². The van der Waals surface area contributed by atoms with Gasteiger partial charge in [-0.2, -0.15) is 0 Å². The summed E-state index contributed by atoms with van der Waals surface area (Å²) in [5, 5.41) is 10.1. The minimum Gasteiger partial charge on any atom is -0.395 e. The van der Waals surface area contributed by atoms with E-state index in [0.29, 0.717) is 6.54 Å². The van der Waals surface area contributed by atoms with Gasteiger partial charge in [-0.25, -0.2) is 0 Å². The lowest BCUT2D eigenvalue weighted by Gasteiger charge is -2.22. The molecule has 4 nitrogen and oxygen atoms in total. The number of nitrogens with zero attached hydrogens (tertiary/aromatic N) is 1. The number of para-hydroxylation sites is 1. The molecule has 3 rings (SSSR count). The molecule has 2 heterocycles. The summed E-state index contributed by atoms with van der Waals surface area (Å²) >= 11 is 0. The highest BCUT2D eigenvalue weighted by Crippen LogP contribution is 2.19. The van der Waals surface area contributed by atoms with Crippen LogP contribution in [-0.2, 0) is 6.54 Å². The normalized spacial score (nSPS) is 20.2. The number of benzene rings is 1. The van der Waals surface area contributed by atoms with Gasteiger partial charge in [0.1, 0.15) is 0 Å². The van der Waals surface area contributed by atoms with E-state index in [1.54, 1.807) is 6.07 Å². The Morgan fingerprint density at radius 1 is 1.37 bits per heavy atom. The second kappa shape index (κ2) is 5.15. The van der Waals surface area contributed by atoms with Gasteiger partial charge in [-0.15, -0.1) is 0 Å². The number of H-pyrrole nitrogens is 1. The van der Waals surface area contributed by atoms with E-state index in [2.05, 4.69) is 9.88 Å². The van der Waals surface area contributed by atoms with Crippen molar-refractivity contribution < 1.29 is 5.11 Å². The summed E-state index contributed by atoms with van der Waals surface area (Å²) in [7, 11) is 0. The van der Waals surface area contributed by atoms with Crippen molar-refractivity contribution in [1.82, 2.24) is 9.88 Å². The monoisotopic (exact) mass is 258 g/mol. The predicted molar refractivity (Wildman–Crippen MR) is 75.1 cm³/mol. The van der Waals surface area contributed by atoms with Gasteiger partial charge in [0.2, 0.25) is 0 Å². The highest BCUT2D eigenvalue weighted by molar-refractivity contribution is 5.78. The Morgan fingerprint density at radius 3 is 3.05 bits per heavy atom. The van der Waals surface area contributed by atoms with E-state index in [4.69, 9.17) is 0 Å². The van der Waals surface area contributed by atoms with Crippen molar-refractivity contribution in [2.75, 3.05) is 13.2 Å². The lowest BCUT2D eigenvalue weighted by molar-refractivity contribution is 0.152. The van der Waals surface area contributed by atoms with Gasteiger partial charge in [-0.1, -0.05) is 12.1 Å². The molecule has 1 aliphatic rings. The minimum atomic E-state index is 0.0593. The Hall–Kier alpha value is -1.65. The minimum absolute atomic E-state index is 0.0593. The summed E-state index contributed by atoms with van der Waals surface area (Å²) in [5.74, 6) is 0. The maximum Gasteiger partial charge on any atom is 0.189 e. The molecule has 0 unspecified atom stereocenters. The quantitative estimate of drug-likeness (QED) is 0.877. The predicted octanol–water partition coefficient (Wildman–Crippen LogP) is 1.48. The van der Waals surface area contributed by atoms with Crippen molar-refractivity contribution >= 4 is 10.9 Å². The average molecular weight is 258 g/mol. The molecule has 1 aromatic heterocycles. The summed E-state index contributed by atoms with van der Waals surface area (Å²) in [4.78, 5) is 17.6. The maximum atomic E-state index is 12.0. The second-order valence-electron chi connectivity index (χ2n) is 5.15. The van der Waals surface area contributed by atoms with Crippen LogP contribution >= 0.6 is 0 Å². The van der Waals surface area contributed by atoms with Crippen LogP contribution in [0.3, 0.4) is 0 Å². The number of hydrogen-bond donors (Lipinski definition) is 2. The third kappa shape index (κ3) is 2.41. The molecule has 4 heteroatoms. The van der Waals surface area contributed by atoms with Crippen LogP contribution in [0.15, 0.2) is 35.1 Å². The lowest BCUT2D eigenvalue weighted by Crippen LogP contribution is -2.32. The number of aromatic amines is 1. The number of hydrogen-bond acceptors (Lipinski definition) is 3. The Labute approximate surface area is 111 Å². The van der Waals surface area contributed by atoms with Gasteiger partial charge in [0.25, 0.3) is 0 Å². The SMILES string of the molecule is O=c1cc(CN2CCC[C@H]2CO)[nH]c2ccccc12. The van der Waals surface area contributed by atoms with Crippen molar-refractivity contribution in [1.29, 1.82) is 0 Å². The van der Waals surface area contributed by atoms with Gasteiger partial charge in [-0.05, 0) is 31.5 Å². The van der Waals surface area contributed by atoms with Crippen molar-refractivity contribution in [3.05, 3.63) is 46.2 Å². The molecule has 1 atom stereocenters. The molecule has 2 aromatic rings. The smallest absolute Gasteiger partial charge is 0.189 e. The first kappa shape index (κ1) is 12.4. The first-order chi connectivity index (χ1) is 9.28. The van der Waals surface area contributed by atoms with Gasteiger partial charge >= 0.3 is 0 Å². The van der Waals surface area contributed by atoms with Gasteiger partial charge in [0, 0.05) is 35.2 Å². The van der Waals surface area contributed by atoms with Crippen LogP contribution in [0.5, 0.6) is 0 Å². The third-order valence-corrected chi connectivity index (χ3v) is 3.88. The van der Waals surface area contributed by atoms with Gasteiger partial charge < -0.3 is 10.1 Å². The molecule has 0 saturated carbocycles. The van der Waals surface area contributed by atoms with Crippen molar-refractivity contribution in [3.63, 3.8) is 0 Å². The summed E-state index contributed by atoms with van der Waals surface area (Å²) in [6, 6.07) is 9.47. The van der Waals surface area contributed by atoms with Gasteiger partial charge in [0.15, 0.2) is 5.43 Å². The molecule has 1 aliphatic heterocycles. The zero-order chi connectivity index (χ0) is 13.2. The van der Waals surface area contributed by atoms with E-state index in [1.165, 1.54) is 0 Å². The number of aliphatic hydroxyl groups excluding tert-OH is 1. The fourth-order valence-corrected chi connectivity index (χ4v) is 2.87. The molecule has 100 valence electrons. The van der Waals surface area contributed by atoms with E-state index < -0.39 is 0 Å². The summed E-state index contributed by atoms with van der Waals surface area (Å²) < 4.78 is 0.